The highest BCUT2D eigenvalue weighted by molar-refractivity contribution is 9.10. The van der Waals surface area contributed by atoms with Crippen molar-refractivity contribution in [2.45, 2.75) is 31.4 Å². The number of carbonyl (C=O) groups excluding carboxylic acids is 1. The van der Waals surface area contributed by atoms with Crippen LogP contribution in [0.25, 0.3) is 0 Å². The molecule has 0 saturated carbocycles. The third-order valence-electron chi connectivity index (χ3n) is 6.56. The van der Waals surface area contributed by atoms with Crippen molar-refractivity contribution in [1.82, 2.24) is 10.2 Å². The molecule has 9 heteroatoms. The van der Waals surface area contributed by atoms with E-state index in [1.807, 2.05) is 55.5 Å². The smallest absolute Gasteiger partial charge is 0.252 e. The normalized spacial score (nSPS) is 22.1. The summed E-state index contributed by atoms with van der Waals surface area (Å²) in [6.07, 6.45) is 0.529. The summed E-state index contributed by atoms with van der Waals surface area (Å²) < 4.78 is 18.2. The number of carbonyl (C=O) groups is 1. The lowest BCUT2D eigenvalue weighted by molar-refractivity contribution is -0.128. The van der Waals surface area contributed by atoms with E-state index in [1.165, 1.54) is 0 Å². The number of amides is 1. The first-order chi connectivity index (χ1) is 17.5. The second-order valence-electron chi connectivity index (χ2n) is 9.03. The number of nitrogens with zero attached hydrogens (tertiary/aromatic N) is 2. The van der Waals surface area contributed by atoms with E-state index in [0.29, 0.717) is 37.6 Å². The summed E-state index contributed by atoms with van der Waals surface area (Å²) in [7, 11) is 0. The Kier molecular flexibility index (Phi) is 9.36. The maximum Gasteiger partial charge on any atom is 0.252 e. The SMILES string of the molecule is C[C@H]1OC(c2ccc(OCCCO)cc2)=N[C@@]1(Cc1ccccc1Br)C(=O)NCCN1CCOCC1. The monoisotopic (exact) mass is 559 g/mol. The van der Waals surface area contributed by atoms with Crippen LogP contribution in [0.1, 0.15) is 24.5 Å². The van der Waals surface area contributed by atoms with Gasteiger partial charge in [-0.3, -0.25) is 9.69 Å². The van der Waals surface area contributed by atoms with Crippen LogP contribution in [0.3, 0.4) is 0 Å². The van der Waals surface area contributed by atoms with E-state index in [0.717, 1.165) is 48.4 Å². The largest absolute Gasteiger partial charge is 0.494 e. The zero-order valence-corrected chi connectivity index (χ0v) is 22.2. The summed E-state index contributed by atoms with van der Waals surface area (Å²) in [6.45, 7) is 6.95. The van der Waals surface area contributed by atoms with Crippen molar-refractivity contribution in [2.75, 3.05) is 52.6 Å². The summed E-state index contributed by atoms with van der Waals surface area (Å²) in [5.74, 6) is 1.01. The molecule has 8 nitrogen and oxygen atoms in total. The predicted molar refractivity (Wildman–Crippen MR) is 142 cm³/mol. The molecule has 0 aliphatic carbocycles. The molecule has 0 spiro atoms. The van der Waals surface area contributed by atoms with E-state index >= 15 is 0 Å². The Balaban J connectivity index is 1.54. The van der Waals surface area contributed by atoms with E-state index < -0.39 is 11.6 Å². The van der Waals surface area contributed by atoms with Gasteiger partial charge in [0.25, 0.3) is 5.91 Å². The highest BCUT2D eigenvalue weighted by Gasteiger charge is 2.50. The molecule has 1 fully saturated rings. The lowest BCUT2D eigenvalue weighted by Crippen LogP contribution is -2.54. The quantitative estimate of drug-likeness (QED) is 0.411. The fourth-order valence-corrected chi connectivity index (χ4v) is 4.81. The molecule has 2 aromatic carbocycles. The summed E-state index contributed by atoms with van der Waals surface area (Å²) >= 11 is 3.63. The molecule has 194 valence electrons. The molecule has 2 aliphatic heterocycles. The van der Waals surface area contributed by atoms with Gasteiger partial charge in [0.15, 0.2) is 5.54 Å². The molecule has 2 heterocycles. The first kappa shape index (κ1) is 26.6. The van der Waals surface area contributed by atoms with Crippen LogP contribution in [0, 0.1) is 0 Å². The number of aliphatic hydroxyl groups is 1. The number of ether oxygens (including phenoxy) is 3. The van der Waals surface area contributed by atoms with Crippen molar-refractivity contribution in [3.05, 3.63) is 64.1 Å². The summed E-state index contributed by atoms with van der Waals surface area (Å²) in [5.41, 5.74) is 0.681. The highest BCUT2D eigenvalue weighted by Crippen LogP contribution is 2.34. The Morgan fingerprint density at radius 1 is 1.22 bits per heavy atom. The molecule has 4 rings (SSSR count). The molecule has 2 N–H and O–H groups in total. The van der Waals surface area contributed by atoms with Crippen LogP contribution >= 0.6 is 15.9 Å². The zero-order valence-electron chi connectivity index (χ0n) is 20.6. The van der Waals surface area contributed by atoms with E-state index in [2.05, 4.69) is 26.1 Å². The van der Waals surface area contributed by atoms with Gasteiger partial charge >= 0.3 is 0 Å². The topological polar surface area (TPSA) is 92.6 Å². The maximum absolute atomic E-state index is 13.7. The van der Waals surface area contributed by atoms with E-state index in [-0.39, 0.29) is 12.5 Å². The minimum atomic E-state index is -1.10. The van der Waals surface area contributed by atoms with Crippen LogP contribution in [0.5, 0.6) is 5.75 Å². The number of morpholine rings is 1. The fraction of sp³-hybridized carbons (Fsp3) is 0.481. The lowest BCUT2D eigenvalue weighted by atomic mass is 9.86. The van der Waals surface area contributed by atoms with Crippen LogP contribution in [0.15, 0.2) is 58.0 Å². The number of hydrogen-bond donors (Lipinski definition) is 2. The van der Waals surface area contributed by atoms with Gasteiger partial charge in [-0.2, -0.15) is 0 Å². The highest BCUT2D eigenvalue weighted by atomic mass is 79.9. The molecule has 2 aliphatic rings. The zero-order chi connectivity index (χ0) is 25.4. The number of halogens is 1. The van der Waals surface area contributed by atoms with Gasteiger partial charge in [0.05, 0.1) is 19.8 Å². The Labute approximate surface area is 220 Å². The molecule has 0 unspecified atom stereocenters. The van der Waals surface area contributed by atoms with Crippen LogP contribution in [0.4, 0.5) is 0 Å². The van der Waals surface area contributed by atoms with Gasteiger partial charge in [0.1, 0.15) is 11.9 Å². The number of aliphatic hydroxyl groups excluding tert-OH is 1. The van der Waals surface area contributed by atoms with Crippen LogP contribution in [0.2, 0.25) is 0 Å². The van der Waals surface area contributed by atoms with Crippen LogP contribution in [-0.4, -0.2) is 86.1 Å². The lowest BCUT2D eigenvalue weighted by Gasteiger charge is -2.30. The number of hydrogen-bond acceptors (Lipinski definition) is 7. The van der Waals surface area contributed by atoms with Gasteiger partial charge in [0, 0.05) is 55.7 Å². The molecule has 0 radical (unpaired) electrons. The minimum absolute atomic E-state index is 0.0920. The number of rotatable bonds is 11. The third kappa shape index (κ3) is 6.45. The van der Waals surface area contributed by atoms with Gasteiger partial charge in [0.2, 0.25) is 5.90 Å². The summed E-state index contributed by atoms with van der Waals surface area (Å²) in [5, 5.41) is 12.1. The fourth-order valence-electron chi connectivity index (χ4n) is 4.38. The third-order valence-corrected chi connectivity index (χ3v) is 7.34. The Morgan fingerprint density at radius 3 is 2.69 bits per heavy atom. The van der Waals surface area contributed by atoms with Crippen LogP contribution in [-0.2, 0) is 20.7 Å². The maximum atomic E-state index is 13.7. The first-order valence-corrected chi connectivity index (χ1v) is 13.2. The average molecular weight is 560 g/mol. The van der Waals surface area contributed by atoms with Crippen LogP contribution < -0.4 is 10.1 Å². The molecule has 2 aromatic rings. The second kappa shape index (κ2) is 12.7. The van der Waals surface area contributed by atoms with Crippen molar-refractivity contribution < 1.29 is 24.1 Å². The molecular formula is C27H34BrN3O5. The number of benzene rings is 2. The van der Waals surface area contributed by atoms with Crippen molar-refractivity contribution in [3.63, 3.8) is 0 Å². The van der Waals surface area contributed by atoms with Crippen molar-refractivity contribution in [3.8, 4) is 5.75 Å². The van der Waals surface area contributed by atoms with Gasteiger partial charge in [-0.25, -0.2) is 4.99 Å². The van der Waals surface area contributed by atoms with E-state index in [1.54, 1.807) is 0 Å². The summed E-state index contributed by atoms with van der Waals surface area (Å²) in [6, 6.07) is 15.3. The van der Waals surface area contributed by atoms with Gasteiger partial charge in [-0.05, 0) is 42.8 Å². The average Bonchev–Trinajstić information content (AvgIpc) is 3.23. The van der Waals surface area contributed by atoms with Crippen molar-refractivity contribution in [2.24, 2.45) is 4.99 Å². The Morgan fingerprint density at radius 2 is 1.97 bits per heavy atom. The van der Waals surface area contributed by atoms with Crippen molar-refractivity contribution >= 4 is 27.7 Å². The predicted octanol–water partition coefficient (Wildman–Crippen LogP) is 2.81. The van der Waals surface area contributed by atoms with E-state index in [9.17, 15) is 4.79 Å². The molecule has 1 amide bonds. The molecule has 0 bridgehead atoms. The van der Waals surface area contributed by atoms with Gasteiger partial charge in [-0.15, -0.1) is 0 Å². The molecule has 36 heavy (non-hydrogen) atoms. The molecule has 2 atom stereocenters. The van der Waals surface area contributed by atoms with Crippen molar-refractivity contribution in [1.29, 1.82) is 0 Å². The molecule has 0 aromatic heterocycles. The van der Waals surface area contributed by atoms with E-state index in [4.69, 9.17) is 24.3 Å². The summed E-state index contributed by atoms with van der Waals surface area (Å²) in [4.78, 5) is 20.9. The second-order valence-corrected chi connectivity index (χ2v) is 9.88. The number of nitrogens with one attached hydrogen (secondary N) is 1. The standard InChI is InChI=1S/C27H34BrN3O5/c1-20-27(19-22-5-2-3-6-24(22)28,26(33)29-11-12-31-13-17-34-18-14-31)30-25(36-20)21-7-9-23(10-8-21)35-16-4-15-32/h2-3,5-10,20,32H,4,11-19H2,1H3,(H,29,33)/t20-,27-/m1/s1. The first-order valence-electron chi connectivity index (χ1n) is 12.4. The minimum Gasteiger partial charge on any atom is -0.494 e. The van der Waals surface area contributed by atoms with Gasteiger partial charge in [-0.1, -0.05) is 34.1 Å². The Bertz CT molecular complexity index is 1040. The molecular weight excluding hydrogens is 526 g/mol. The Hall–Kier alpha value is -2.46. The molecule has 1 saturated heterocycles. The number of aliphatic imine (C=N–C) groups is 1. The van der Waals surface area contributed by atoms with Gasteiger partial charge < -0.3 is 24.6 Å².